The molecule has 4 rings (SSSR count). The summed E-state index contributed by atoms with van der Waals surface area (Å²) in [6.45, 7) is 2.99. The van der Waals surface area contributed by atoms with Gasteiger partial charge in [-0.15, -0.1) is 5.10 Å². The van der Waals surface area contributed by atoms with Gasteiger partial charge < -0.3 is 15.1 Å². The molecule has 26 heavy (non-hydrogen) atoms. The van der Waals surface area contributed by atoms with Crippen molar-refractivity contribution in [1.82, 2.24) is 15.2 Å². The van der Waals surface area contributed by atoms with Gasteiger partial charge in [0.05, 0.1) is 11.9 Å². The van der Waals surface area contributed by atoms with Gasteiger partial charge in [0.25, 0.3) is 0 Å². The highest BCUT2D eigenvalue weighted by Crippen LogP contribution is 2.23. The van der Waals surface area contributed by atoms with Crippen molar-refractivity contribution in [1.29, 1.82) is 0 Å². The average Bonchev–Trinajstić information content (AvgIpc) is 2.70. The first-order chi connectivity index (χ1) is 12.8. The van der Waals surface area contributed by atoms with Crippen LogP contribution in [-0.2, 0) is 0 Å². The molecule has 1 saturated heterocycles. The van der Waals surface area contributed by atoms with E-state index in [9.17, 15) is 4.39 Å². The van der Waals surface area contributed by atoms with Crippen LogP contribution in [0.2, 0.25) is 0 Å². The van der Waals surface area contributed by atoms with Gasteiger partial charge in [0.2, 0.25) is 5.95 Å². The summed E-state index contributed by atoms with van der Waals surface area (Å²) < 4.78 is 14.0. The van der Waals surface area contributed by atoms with Crippen LogP contribution in [0, 0.1) is 5.82 Å². The highest BCUT2D eigenvalue weighted by molar-refractivity contribution is 5.50. The van der Waals surface area contributed by atoms with Gasteiger partial charge in [-0.1, -0.05) is 31.4 Å². The molecule has 138 valence electrons. The maximum absolute atomic E-state index is 14.0. The molecule has 0 bridgehead atoms. The monoisotopic (exact) mass is 356 g/mol. The van der Waals surface area contributed by atoms with Crippen molar-refractivity contribution in [3.63, 3.8) is 0 Å². The van der Waals surface area contributed by atoms with Gasteiger partial charge in [-0.25, -0.2) is 4.39 Å². The van der Waals surface area contributed by atoms with Crippen molar-refractivity contribution in [2.45, 2.75) is 38.1 Å². The Balaban J connectivity index is 1.38. The Morgan fingerprint density at radius 2 is 1.69 bits per heavy atom. The lowest BCUT2D eigenvalue weighted by molar-refractivity contribution is 0.461. The lowest BCUT2D eigenvalue weighted by atomic mass is 9.96. The number of aromatic nitrogens is 3. The Hall–Kier alpha value is -2.44. The van der Waals surface area contributed by atoms with Crippen molar-refractivity contribution >= 4 is 17.5 Å². The van der Waals surface area contributed by atoms with E-state index in [1.807, 2.05) is 12.1 Å². The summed E-state index contributed by atoms with van der Waals surface area (Å²) in [6, 6.07) is 7.43. The number of nitrogens with zero attached hydrogens (tertiary/aromatic N) is 5. The highest BCUT2D eigenvalue weighted by atomic mass is 19.1. The largest absolute Gasteiger partial charge is 0.366 e. The maximum Gasteiger partial charge on any atom is 0.247 e. The number of anilines is 3. The lowest BCUT2D eigenvalue weighted by Crippen LogP contribution is -2.47. The third-order valence-corrected chi connectivity index (χ3v) is 5.26. The number of halogens is 1. The van der Waals surface area contributed by atoms with Crippen LogP contribution in [0.3, 0.4) is 0 Å². The average molecular weight is 356 g/mol. The molecule has 0 amide bonds. The van der Waals surface area contributed by atoms with E-state index in [2.05, 4.69) is 30.3 Å². The number of para-hydroxylation sites is 1. The number of piperazine rings is 1. The highest BCUT2D eigenvalue weighted by Gasteiger charge is 2.22. The van der Waals surface area contributed by atoms with E-state index in [0.717, 1.165) is 32.0 Å². The number of hydrogen-bond acceptors (Lipinski definition) is 6. The second-order valence-electron chi connectivity index (χ2n) is 7.05. The SMILES string of the molecule is Fc1ccccc1N1CCN(c2nncc(NC3CCCCC3)n2)CC1. The second-order valence-corrected chi connectivity index (χ2v) is 7.05. The first-order valence-corrected chi connectivity index (χ1v) is 9.50. The molecular weight excluding hydrogens is 331 g/mol. The van der Waals surface area contributed by atoms with Gasteiger partial charge >= 0.3 is 0 Å². The molecule has 2 aromatic rings. The van der Waals surface area contributed by atoms with E-state index in [0.29, 0.717) is 17.7 Å². The molecule has 1 N–H and O–H groups in total. The molecule has 2 fully saturated rings. The molecule has 0 radical (unpaired) electrons. The molecule has 0 spiro atoms. The molecule has 7 heteroatoms. The minimum Gasteiger partial charge on any atom is -0.366 e. The molecule has 6 nitrogen and oxygen atoms in total. The standard InChI is InChI=1S/C19H25FN6/c20-16-8-4-5-9-17(16)25-10-12-26(13-11-25)19-23-18(14-21-24-19)22-15-6-2-1-3-7-15/h4-5,8-9,14-15H,1-3,6-7,10-13H2,(H,22,23,24). The predicted octanol–water partition coefficient (Wildman–Crippen LogP) is 3.08. The van der Waals surface area contributed by atoms with Crippen LogP contribution < -0.4 is 15.1 Å². The molecular formula is C19H25FN6. The van der Waals surface area contributed by atoms with Gasteiger partial charge in [0, 0.05) is 32.2 Å². The zero-order chi connectivity index (χ0) is 17.8. The topological polar surface area (TPSA) is 57.2 Å². The molecule has 1 saturated carbocycles. The molecule has 1 aliphatic carbocycles. The van der Waals surface area contributed by atoms with Gasteiger partial charge in [0.1, 0.15) is 5.82 Å². The quantitative estimate of drug-likeness (QED) is 0.909. The summed E-state index contributed by atoms with van der Waals surface area (Å²) in [4.78, 5) is 8.85. The lowest BCUT2D eigenvalue weighted by Gasteiger charge is -2.36. The van der Waals surface area contributed by atoms with Gasteiger partial charge in [-0.05, 0) is 25.0 Å². The van der Waals surface area contributed by atoms with Crippen molar-refractivity contribution in [2.75, 3.05) is 41.3 Å². The minimum absolute atomic E-state index is 0.169. The van der Waals surface area contributed by atoms with Crippen LogP contribution in [0.5, 0.6) is 0 Å². The fourth-order valence-corrected chi connectivity index (χ4v) is 3.81. The normalized spacial score (nSPS) is 18.8. The third kappa shape index (κ3) is 3.86. The molecule has 2 heterocycles. The Morgan fingerprint density at radius 3 is 2.46 bits per heavy atom. The molecule has 1 aromatic heterocycles. The van der Waals surface area contributed by atoms with E-state index >= 15 is 0 Å². The zero-order valence-corrected chi connectivity index (χ0v) is 14.9. The molecule has 2 aliphatic rings. The van der Waals surface area contributed by atoms with Crippen LogP contribution in [0.1, 0.15) is 32.1 Å². The zero-order valence-electron chi connectivity index (χ0n) is 14.9. The Bertz CT molecular complexity index is 725. The maximum atomic E-state index is 14.0. The van der Waals surface area contributed by atoms with Crippen LogP contribution >= 0.6 is 0 Å². The number of hydrogen-bond donors (Lipinski definition) is 1. The van der Waals surface area contributed by atoms with Gasteiger partial charge in [-0.2, -0.15) is 10.1 Å². The Labute approximate surface area is 153 Å². The molecule has 1 aliphatic heterocycles. The summed E-state index contributed by atoms with van der Waals surface area (Å²) in [5.74, 6) is 1.29. The van der Waals surface area contributed by atoms with E-state index in [-0.39, 0.29) is 5.82 Å². The van der Waals surface area contributed by atoms with Crippen LogP contribution in [0.4, 0.5) is 21.8 Å². The van der Waals surface area contributed by atoms with E-state index in [4.69, 9.17) is 0 Å². The van der Waals surface area contributed by atoms with Crippen molar-refractivity contribution in [2.24, 2.45) is 0 Å². The van der Waals surface area contributed by atoms with Gasteiger partial charge in [-0.3, -0.25) is 0 Å². The summed E-state index contributed by atoms with van der Waals surface area (Å²) in [5, 5.41) is 11.8. The summed E-state index contributed by atoms with van der Waals surface area (Å²) in [5.41, 5.74) is 0.666. The smallest absolute Gasteiger partial charge is 0.247 e. The van der Waals surface area contributed by atoms with Gasteiger partial charge in [0.15, 0.2) is 5.82 Å². The third-order valence-electron chi connectivity index (χ3n) is 5.26. The van der Waals surface area contributed by atoms with Crippen LogP contribution in [0.25, 0.3) is 0 Å². The van der Waals surface area contributed by atoms with E-state index < -0.39 is 0 Å². The van der Waals surface area contributed by atoms with Crippen molar-refractivity contribution in [3.8, 4) is 0 Å². The van der Waals surface area contributed by atoms with E-state index in [1.165, 1.54) is 38.2 Å². The number of benzene rings is 1. The second kappa shape index (κ2) is 7.85. The predicted molar refractivity (Wildman–Crippen MR) is 101 cm³/mol. The number of rotatable bonds is 4. The van der Waals surface area contributed by atoms with Crippen molar-refractivity contribution < 1.29 is 4.39 Å². The van der Waals surface area contributed by atoms with E-state index in [1.54, 1.807) is 12.3 Å². The summed E-state index contributed by atoms with van der Waals surface area (Å²) >= 11 is 0. The molecule has 0 unspecified atom stereocenters. The first-order valence-electron chi connectivity index (χ1n) is 9.50. The summed E-state index contributed by atoms with van der Waals surface area (Å²) in [6.07, 6.45) is 7.98. The summed E-state index contributed by atoms with van der Waals surface area (Å²) in [7, 11) is 0. The van der Waals surface area contributed by atoms with Crippen LogP contribution in [-0.4, -0.2) is 47.4 Å². The Morgan fingerprint density at radius 1 is 0.962 bits per heavy atom. The first kappa shape index (κ1) is 17.0. The molecule has 1 aromatic carbocycles. The fraction of sp³-hybridized carbons (Fsp3) is 0.526. The van der Waals surface area contributed by atoms with Crippen molar-refractivity contribution in [3.05, 3.63) is 36.3 Å². The number of nitrogens with one attached hydrogen (secondary N) is 1. The Kier molecular flexibility index (Phi) is 5.13. The van der Waals surface area contributed by atoms with Crippen LogP contribution in [0.15, 0.2) is 30.5 Å². The minimum atomic E-state index is -0.169. The fourth-order valence-electron chi connectivity index (χ4n) is 3.81. The molecule has 0 atom stereocenters.